The van der Waals surface area contributed by atoms with Crippen LogP contribution in [0.25, 0.3) is 0 Å². The summed E-state index contributed by atoms with van der Waals surface area (Å²) >= 11 is 0. The number of carboxylic acids is 1. The summed E-state index contributed by atoms with van der Waals surface area (Å²) in [7, 11) is 2.78. The van der Waals surface area contributed by atoms with Crippen molar-refractivity contribution in [3.8, 4) is 11.5 Å². The van der Waals surface area contributed by atoms with Crippen molar-refractivity contribution >= 4 is 11.8 Å². The minimum absolute atomic E-state index is 0.0225. The molecular weight excluding hydrogens is 212 g/mol. The van der Waals surface area contributed by atoms with Gasteiger partial charge in [-0.25, -0.2) is 4.79 Å². The molecule has 0 unspecified atom stereocenters. The molecule has 5 heteroatoms. The van der Waals surface area contributed by atoms with Gasteiger partial charge in [0.05, 0.1) is 19.8 Å². The molecule has 0 aliphatic heterocycles. The van der Waals surface area contributed by atoms with E-state index >= 15 is 0 Å². The SMILES string of the molecule is COc1ccc(C)c(C(=O)C(=O)O)c1OC. The van der Waals surface area contributed by atoms with Gasteiger partial charge in [-0.3, -0.25) is 4.79 Å². The summed E-state index contributed by atoms with van der Waals surface area (Å²) in [6, 6.07) is 3.23. The van der Waals surface area contributed by atoms with Crippen molar-refractivity contribution in [2.75, 3.05) is 14.2 Å². The summed E-state index contributed by atoms with van der Waals surface area (Å²) in [5.74, 6) is -2.05. The molecule has 1 N–H and O–H groups in total. The summed E-state index contributed by atoms with van der Waals surface area (Å²) in [5, 5.41) is 8.70. The van der Waals surface area contributed by atoms with Gasteiger partial charge in [0.1, 0.15) is 0 Å². The van der Waals surface area contributed by atoms with Gasteiger partial charge in [-0.2, -0.15) is 0 Å². The summed E-state index contributed by atoms with van der Waals surface area (Å²) in [6.07, 6.45) is 0. The first-order chi connectivity index (χ1) is 7.52. The fraction of sp³-hybridized carbons (Fsp3) is 0.273. The van der Waals surface area contributed by atoms with Gasteiger partial charge >= 0.3 is 5.97 Å². The monoisotopic (exact) mass is 224 g/mol. The van der Waals surface area contributed by atoms with Crippen molar-refractivity contribution < 1.29 is 24.2 Å². The van der Waals surface area contributed by atoms with Crippen LogP contribution in [0.3, 0.4) is 0 Å². The Kier molecular flexibility index (Phi) is 3.50. The lowest BCUT2D eigenvalue weighted by Gasteiger charge is -2.12. The second-order valence-corrected chi connectivity index (χ2v) is 3.13. The Balaban J connectivity index is 3.46. The van der Waals surface area contributed by atoms with Crippen molar-refractivity contribution in [3.63, 3.8) is 0 Å². The number of Topliss-reactive ketones (excluding diaryl/α,β-unsaturated/α-hetero) is 1. The predicted molar refractivity (Wildman–Crippen MR) is 56.2 cm³/mol. The van der Waals surface area contributed by atoms with Crippen LogP contribution in [-0.2, 0) is 4.79 Å². The lowest BCUT2D eigenvalue weighted by molar-refractivity contribution is -0.131. The number of ether oxygens (including phenoxy) is 2. The zero-order valence-corrected chi connectivity index (χ0v) is 9.23. The lowest BCUT2D eigenvalue weighted by Crippen LogP contribution is -2.15. The van der Waals surface area contributed by atoms with Gasteiger partial charge in [-0.15, -0.1) is 0 Å². The van der Waals surface area contributed by atoms with E-state index in [2.05, 4.69) is 0 Å². The number of carbonyl (C=O) groups is 2. The molecular formula is C11H12O5. The molecule has 0 radical (unpaired) electrons. The molecule has 0 atom stereocenters. The van der Waals surface area contributed by atoms with E-state index in [1.807, 2.05) is 0 Å². The zero-order chi connectivity index (χ0) is 12.3. The fourth-order valence-corrected chi connectivity index (χ4v) is 1.41. The Hall–Kier alpha value is -2.04. The highest BCUT2D eigenvalue weighted by molar-refractivity contribution is 6.41. The Morgan fingerprint density at radius 3 is 2.25 bits per heavy atom. The van der Waals surface area contributed by atoms with Crippen molar-refractivity contribution in [2.45, 2.75) is 6.92 Å². The van der Waals surface area contributed by atoms with Crippen LogP contribution >= 0.6 is 0 Å². The Bertz CT molecular complexity index is 436. The average Bonchev–Trinajstić information content (AvgIpc) is 2.27. The first-order valence-corrected chi connectivity index (χ1v) is 4.52. The number of rotatable bonds is 4. The van der Waals surface area contributed by atoms with E-state index in [0.29, 0.717) is 11.3 Å². The first kappa shape index (κ1) is 12.0. The number of aryl methyl sites for hydroxylation is 1. The third kappa shape index (κ3) is 1.98. The van der Waals surface area contributed by atoms with Crippen LogP contribution < -0.4 is 9.47 Å². The Morgan fingerprint density at radius 1 is 1.19 bits per heavy atom. The van der Waals surface area contributed by atoms with Crippen molar-refractivity contribution in [1.82, 2.24) is 0 Å². The first-order valence-electron chi connectivity index (χ1n) is 4.52. The second kappa shape index (κ2) is 4.65. The molecule has 0 amide bonds. The number of benzene rings is 1. The molecule has 0 fully saturated rings. The van der Waals surface area contributed by atoms with Crippen molar-refractivity contribution in [2.24, 2.45) is 0 Å². The highest BCUT2D eigenvalue weighted by Gasteiger charge is 2.24. The van der Waals surface area contributed by atoms with Crippen LogP contribution in [0.4, 0.5) is 0 Å². The van der Waals surface area contributed by atoms with Crippen LogP contribution in [-0.4, -0.2) is 31.1 Å². The third-order valence-corrected chi connectivity index (χ3v) is 2.18. The van der Waals surface area contributed by atoms with Crippen LogP contribution in [0.1, 0.15) is 15.9 Å². The van der Waals surface area contributed by atoms with E-state index in [1.54, 1.807) is 19.1 Å². The smallest absolute Gasteiger partial charge is 0.377 e. The van der Waals surface area contributed by atoms with Gasteiger partial charge in [0.2, 0.25) is 0 Å². The maximum Gasteiger partial charge on any atom is 0.377 e. The Labute approximate surface area is 92.6 Å². The number of hydrogen-bond donors (Lipinski definition) is 1. The molecule has 0 aliphatic carbocycles. The van der Waals surface area contributed by atoms with E-state index in [4.69, 9.17) is 14.6 Å². The van der Waals surface area contributed by atoms with Crippen LogP contribution in [0.2, 0.25) is 0 Å². The number of carboxylic acid groups (broad SMARTS) is 1. The summed E-state index contributed by atoms with van der Waals surface area (Å²) < 4.78 is 10.0. The molecule has 0 aromatic heterocycles. The summed E-state index contributed by atoms with van der Waals surface area (Å²) in [6.45, 7) is 1.64. The van der Waals surface area contributed by atoms with Gasteiger partial charge in [0.25, 0.3) is 5.78 Å². The van der Waals surface area contributed by atoms with Gasteiger partial charge in [0.15, 0.2) is 11.5 Å². The van der Waals surface area contributed by atoms with E-state index in [0.717, 1.165) is 0 Å². The predicted octanol–water partition coefficient (Wildman–Crippen LogP) is 1.28. The minimum atomic E-state index is -1.52. The largest absolute Gasteiger partial charge is 0.493 e. The van der Waals surface area contributed by atoms with Crippen molar-refractivity contribution in [3.05, 3.63) is 23.3 Å². The number of ketones is 1. The average molecular weight is 224 g/mol. The summed E-state index contributed by atoms with van der Waals surface area (Å²) in [4.78, 5) is 22.2. The highest BCUT2D eigenvalue weighted by Crippen LogP contribution is 2.33. The van der Waals surface area contributed by atoms with Gasteiger partial charge in [0, 0.05) is 0 Å². The van der Waals surface area contributed by atoms with Crippen molar-refractivity contribution in [1.29, 1.82) is 0 Å². The molecule has 0 saturated carbocycles. The third-order valence-electron chi connectivity index (χ3n) is 2.18. The van der Waals surface area contributed by atoms with Crippen LogP contribution in [0, 0.1) is 6.92 Å². The molecule has 1 aromatic carbocycles. The zero-order valence-electron chi connectivity index (χ0n) is 9.23. The molecule has 1 rings (SSSR count). The van der Waals surface area contributed by atoms with Crippen LogP contribution in [0.5, 0.6) is 11.5 Å². The second-order valence-electron chi connectivity index (χ2n) is 3.13. The topological polar surface area (TPSA) is 72.8 Å². The molecule has 0 aliphatic rings. The molecule has 1 aromatic rings. The van der Waals surface area contributed by atoms with E-state index < -0.39 is 11.8 Å². The van der Waals surface area contributed by atoms with Crippen LogP contribution in [0.15, 0.2) is 12.1 Å². The van der Waals surface area contributed by atoms with Gasteiger partial charge < -0.3 is 14.6 Å². The van der Waals surface area contributed by atoms with Gasteiger partial charge in [-0.1, -0.05) is 6.07 Å². The number of methoxy groups -OCH3 is 2. The quantitative estimate of drug-likeness (QED) is 0.616. The van der Waals surface area contributed by atoms with E-state index in [9.17, 15) is 9.59 Å². The number of aliphatic carboxylic acids is 1. The maximum atomic E-state index is 11.5. The molecule has 0 spiro atoms. The highest BCUT2D eigenvalue weighted by atomic mass is 16.5. The standard InChI is InChI=1S/C11H12O5/c1-6-4-5-7(15-2)10(16-3)8(6)9(12)11(13)14/h4-5H,1-3H3,(H,13,14). The molecule has 0 saturated heterocycles. The lowest BCUT2D eigenvalue weighted by atomic mass is 10.0. The normalized spacial score (nSPS) is 9.69. The summed E-state index contributed by atoms with van der Waals surface area (Å²) in [5.41, 5.74) is 0.555. The van der Waals surface area contributed by atoms with E-state index in [1.165, 1.54) is 14.2 Å². The van der Waals surface area contributed by atoms with E-state index in [-0.39, 0.29) is 11.3 Å². The number of carbonyl (C=O) groups excluding carboxylic acids is 1. The molecule has 16 heavy (non-hydrogen) atoms. The van der Waals surface area contributed by atoms with Gasteiger partial charge in [-0.05, 0) is 18.6 Å². The molecule has 5 nitrogen and oxygen atoms in total. The number of hydrogen-bond acceptors (Lipinski definition) is 4. The maximum absolute atomic E-state index is 11.5. The molecule has 0 bridgehead atoms. The minimum Gasteiger partial charge on any atom is -0.493 e. The molecule has 86 valence electrons. The fourth-order valence-electron chi connectivity index (χ4n) is 1.41. The Morgan fingerprint density at radius 2 is 1.81 bits per heavy atom. The molecule has 0 heterocycles.